The van der Waals surface area contributed by atoms with Gasteiger partial charge in [0.1, 0.15) is 0 Å². The second-order valence-corrected chi connectivity index (χ2v) is 2.46. The Kier molecular flexibility index (Phi) is 2.26. The van der Waals surface area contributed by atoms with Gasteiger partial charge in [-0.25, -0.2) is 0 Å². The standard InChI is InChI=1S/C9H10O2/c1-2-3-7-4-5-8(10)9(11)6-7/h2,4-7,11H,1,3H2. The van der Waals surface area contributed by atoms with Crippen molar-refractivity contribution < 1.29 is 9.90 Å². The molecule has 58 valence electrons. The molecule has 1 rings (SSSR count). The molecule has 0 aliphatic heterocycles. The Morgan fingerprint density at radius 2 is 2.45 bits per heavy atom. The summed E-state index contributed by atoms with van der Waals surface area (Å²) in [5, 5.41) is 9.00. The lowest BCUT2D eigenvalue weighted by atomic mass is 9.98. The highest BCUT2D eigenvalue weighted by Crippen LogP contribution is 2.15. The molecule has 0 saturated heterocycles. The van der Waals surface area contributed by atoms with Gasteiger partial charge < -0.3 is 5.11 Å². The van der Waals surface area contributed by atoms with E-state index in [9.17, 15) is 4.79 Å². The molecule has 0 fully saturated rings. The number of allylic oxidation sites excluding steroid dienone is 4. The van der Waals surface area contributed by atoms with Crippen molar-refractivity contribution in [2.75, 3.05) is 0 Å². The maximum atomic E-state index is 10.7. The van der Waals surface area contributed by atoms with Gasteiger partial charge >= 0.3 is 0 Å². The Morgan fingerprint density at radius 1 is 1.73 bits per heavy atom. The van der Waals surface area contributed by atoms with E-state index in [4.69, 9.17) is 5.11 Å². The second kappa shape index (κ2) is 3.19. The van der Waals surface area contributed by atoms with Gasteiger partial charge in [0.05, 0.1) is 0 Å². The number of hydrogen-bond acceptors (Lipinski definition) is 2. The minimum atomic E-state index is -0.315. The fourth-order valence-electron chi connectivity index (χ4n) is 0.976. The van der Waals surface area contributed by atoms with E-state index in [0.29, 0.717) is 0 Å². The molecule has 0 aromatic heterocycles. The van der Waals surface area contributed by atoms with Crippen LogP contribution >= 0.6 is 0 Å². The van der Waals surface area contributed by atoms with Crippen molar-refractivity contribution in [2.24, 2.45) is 5.92 Å². The third-order valence-electron chi connectivity index (χ3n) is 1.56. The van der Waals surface area contributed by atoms with Crippen LogP contribution in [0.5, 0.6) is 0 Å². The van der Waals surface area contributed by atoms with Crippen LogP contribution in [-0.4, -0.2) is 10.9 Å². The van der Waals surface area contributed by atoms with Gasteiger partial charge in [0.25, 0.3) is 0 Å². The van der Waals surface area contributed by atoms with E-state index < -0.39 is 0 Å². The number of aliphatic hydroxyl groups is 1. The van der Waals surface area contributed by atoms with Gasteiger partial charge in [-0.15, -0.1) is 6.58 Å². The largest absolute Gasteiger partial charge is 0.504 e. The van der Waals surface area contributed by atoms with Crippen LogP contribution in [0.2, 0.25) is 0 Å². The van der Waals surface area contributed by atoms with Gasteiger partial charge in [-0.1, -0.05) is 12.2 Å². The van der Waals surface area contributed by atoms with E-state index in [0.717, 1.165) is 6.42 Å². The Morgan fingerprint density at radius 3 is 3.00 bits per heavy atom. The quantitative estimate of drug-likeness (QED) is 0.609. The number of ketones is 1. The van der Waals surface area contributed by atoms with Gasteiger partial charge in [-0.2, -0.15) is 0 Å². The van der Waals surface area contributed by atoms with Gasteiger partial charge in [0.2, 0.25) is 5.78 Å². The first kappa shape index (κ1) is 7.79. The highest BCUT2D eigenvalue weighted by Gasteiger charge is 2.12. The monoisotopic (exact) mass is 150 g/mol. The molecule has 0 radical (unpaired) electrons. The molecule has 0 spiro atoms. The summed E-state index contributed by atoms with van der Waals surface area (Å²) in [4.78, 5) is 10.7. The van der Waals surface area contributed by atoms with E-state index in [1.807, 2.05) is 0 Å². The van der Waals surface area contributed by atoms with Crippen molar-refractivity contribution in [3.8, 4) is 0 Å². The molecule has 0 saturated carbocycles. The molecule has 0 aromatic rings. The van der Waals surface area contributed by atoms with Crippen molar-refractivity contribution in [3.63, 3.8) is 0 Å². The average Bonchev–Trinajstić information content (AvgIpc) is 1.98. The summed E-state index contributed by atoms with van der Waals surface area (Å²) in [7, 11) is 0. The molecule has 1 N–H and O–H groups in total. The minimum Gasteiger partial charge on any atom is -0.504 e. The molecule has 0 amide bonds. The van der Waals surface area contributed by atoms with E-state index in [1.165, 1.54) is 6.08 Å². The normalized spacial score (nSPS) is 23.1. The molecular formula is C9H10O2. The number of aliphatic hydroxyl groups excluding tert-OH is 1. The van der Waals surface area contributed by atoms with Crippen molar-refractivity contribution in [1.82, 2.24) is 0 Å². The summed E-state index contributed by atoms with van der Waals surface area (Å²) in [6.07, 6.45) is 7.22. The maximum absolute atomic E-state index is 10.7. The topological polar surface area (TPSA) is 37.3 Å². The van der Waals surface area contributed by atoms with Crippen LogP contribution in [-0.2, 0) is 4.79 Å². The Bertz CT molecular complexity index is 236. The summed E-state index contributed by atoms with van der Waals surface area (Å²) in [5.41, 5.74) is 0. The van der Waals surface area contributed by atoms with Crippen LogP contribution in [0.4, 0.5) is 0 Å². The first-order chi connectivity index (χ1) is 5.24. The summed E-state index contributed by atoms with van der Waals surface area (Å²) in [6.45, 7) is 3.57. The minimum absolute atomic E-state index is 0.130. The lowest BCUT2D eigenvalue weighted by Gasteiger charge is -2.08. The van der Waals surface area contributed by atoms with Crippen molar-refractivity contribution in [3.05, 3.63) is 36.6 Å². The molecule has 1 unspecified atom stereocenters. The predicted molar refractivity (Wildman–Crippen MR) is 43.2 cm³/mol. The zero-order chi connectivity index (χ0) is 8.27. The molecule has 2 heteroatoms. The first-order valence-corrected chi connectivity index (χ1v) is 3.48. The Labute approximate surface area is 65.5 Å². The van der Waals surface area contributed by atoms with Crippen LogP contribution < -0.4 is 0 Å². The van der Waals surface area contributed by atoms with Crippen molar-refractivity contribution in [1.29, 1.82) is 0 Å². The van der Waals surface area contributed by atoms with Crippen LogP contribution in [0.25, 0.3) is 0 Å². The number of hydrogen-bond donors (Lipinski definition) is 1. The third-order valence-corrected chi connectivity index (χ3v) is 1.56. The summed E-state index contributed by atoms with van der Waals surface area (Å²) < 4.78 is 0. The highest BCUT2D eigenvalue weighted by molar-refractivity contribution is 6.02. The lowest BCUT2D eigenvalue weighted by molar-refractivity contribution is -0.113. The zero-order valence-corrected chi connectivity index (χ0v) is 6.16. The van der Waals surface area contributed by atoms with Gasteiger partial charge in [-0.05, 0) is 18.6 Å². The van der Waals surface area contributed by atoms with E-state index in [2.05, 4.69) is 6.58 Å². The first-order valence-electron chi connectivity index (χ1n) is 3.48. The summed E-state index contributed by atoms with van der Waals surface area (Å²) in [6, 6.07) is 0. The average molecular weight is 150 g/mol. The van der Waals surface area contributed by atoms with Crippen LogP contribution in [0.3, 0.4) is 0 Å². The fraction of sp³-hybridized carbons (Fsp3) is 0.222. The molecule has 0 aromatic carbocycles. The van der Waals surface area contributed by atoms with Crippen LogP contribution in [0.1, 0.15) is 6.42 Å². The molecule has 0 heterocycles. The van der Waals surface area contributed by atoms with E-state index in [1.54, 1.807) is 18.2 Å². The molecule has 11 heavy (non-hydrogen) atoms. The van der Waals surface area contributed by atoms with E-state index >= 15 is 0 Å². The van der Waals surface area contributed by atoms with Gasteiger partial charge in [-0.3, -0.25) is 4.79 Å². The lowest BCUT2D eigenvalue weighted by Crippen LogP contribution is -2.06. The molecular weight excluding hydrogens is 140 g/mol. The fourth-order valence-corrected chi connectivity index (χ4v) is 0.976. The second-order valence-electron chi connectivity index (χ2n) is 2.46. The SMILES string of the molecule is C=CCC1C=CC(=O)C(O)=C1. The van der Waals surface area contributed by atoms with Crippen molar-refractivity contribution in [2.45, 2.75) is 6.42 Å². The summed E-state index contributed by atoms with van der Waals surface area (Å²) >= 11 is 0. The van der Waals surface area contributed by atoms with Gasteiger partial charge in [0.15, 0.2) is 5.76 Å². The Hall–Kier alpha value is -1.31. The number of carbonyl (C=O) groups excluding carboxylic acids is 1. The smallest absolute Gasteiger partial charge is 0.219 e. The third kappa shape index (κ3) is 1.80. The molecule has 2 nitrogen and oxygen atoms in total. The highest BCUT2D eigenvalue weighted by atomic mass is 16.3. The molecule has 1 atom stereocenters. The van der Waals surface area contributed by atoms with Crippen LogP contribution in [0, 0.1) is 5.92 Å². The maximum Gasteiger partial charge on any atom is 0.219 e. The predicted octanol–water partition coefficient (Wildman–Crippen LogP) is 1.76. The van der Waals surface area contributed by atoms with Crippen molar-refractivity contribution >= 4 is 5.78 Å². The summed E-state index contributed by atoms with van der Waals surface area (Å²) in [5.74, 6) is -0.338. The van der Waals surface area contributed by atoms with E-state index in [-0.39, 0.29) is 17.5 Å². The van der Waals surface area contributed by atoms with Gasteiger partial charge in [0, 0.05) is 5.92 Å². The molecule has 1 aliphatic carbocycles. The zero-order valence-electron chi connectivity index (χ0n) is 6.16. The molecule has 1 aliphatic rings. The number of carbonyl (C=O) groups is 1. The molecule has 0 bridgehead atoms. The Balaban J connectivity index is 2.68. The van der Waals surface area contributed by atoms with Crippen LogP contribution in [0.15, 0.2) is 36.6 Å². The number of rotatable bonds is 2.